The fourth-order valence-corrected chi connectivity index (χ4v) is 2.50. The van der Waals surface area contributed by atoms with E-state index in [0.717, 1.165) is 0 Å². The summed E-state index contributed by atoms with van der Waals surface area (Å²) in [6.07, 6.45) is -14.4. The Morgan fingerprint density at radius 3 is 2.05 bits per heavy atom. The summed E-state index contributed by atoms with van der Waals surface area (Å²) in [5.41, 5.74) is 0. The van der Waals surface area contributed by atoms with Gasteiger partial charge in [-0.15, -0.1) is 0 Å². The molecule has 0 aliphatic carbocycles. The van der Waals surface area contributed by atoms with E-state index in [1.54, 1.807) is 0 Å². The normalized spacial score (nSPS) is 53.5. The lowest BCUT2D eigenvalue weighted by atomic mass is 9.98. The number of rotatable bonds is 3. The number of hydrogen-bond donors (Lipinski definition) is 7. The molecular formula is C12H22O10. The monoisotopic (exact) mass is 326 g/mol. The van der Waals surface area contributed by atoms with Gasteiger partial charge in [-0.05, 0) is 6.92 Å². The summed E-state index contributed by atoms with van der Waals surface area (Å²) in [7, 11) is 0. The Kier molecular flexibility index (Phi) is 5.72. The molecular weight excluding hydrogens is 304 g/mol. The van der Waals surface area contributed by atoms with E-state index in [9.17, 15) is 30.6 Å². The highest BCUT2D eigenvalue weighted by molar-refractivity contribution is 4.92. The lowest BCUT2D eigenvalue weighted by Gasteiger charge is -2.44. The molecule has 0 aromatic heterocycles. The molecule has 0 aromatic carbocycles. The third-order valence-electron chi connectivity index (χ3n) is 3.94. The zero-order valence-corrected chi connectivity index (χ0v) is 11.8. The van der Waals surface area contributed by atoms with Gasteiger partial charge in [0.25, 0.3) is 0 Å². The van der Waals surface area contributed by atoms with Gasteiger partial charge in [0.05, 0.1) is 12.7 Å². The second-order valence-corrected chi connectivity index (χ2v) is 5.51. The lowest BCUT2D eigenvalue weighted by Crippen LogP contribution is -2.63. The first-order chi connectivity index (χ1) is 10.3. The van der Waals surface area contributed by atoms with Gasteiger partial charge >= 0.3 is 0 Å². The molecule has 2 aliphatic heterocycles. The van der Waals surface area contributed by atoms with Crippen molar-refractivity contribution in [1.29, 1.82) is 0 Å². The molecule has 2 heterocycles. The third-order valence-corrected chi connectivity index (χ3v) is 3.94. The molecule has 0 spiro atoms. The summed E-state index contributed by atoms with van der Waals surface area (Å²) in [4.78, 5) is 0. The molecule has 0 saturated carbocycles. The first-order valence-electron chi connectivity index (χ1n) is 6.93. The smallest absolute Gasteiger partial charge is 0.187 e. The number of aliphatic hydroxyl groups excluding tert-OH is 7. The van der Waals surface area contributed by atoms with Gasteiger partial charge in [-0.3, -0.25) is 0 Å². The molecule has 0 amide bonds. The fourth-order valence-electron chi connectivity index (χ4n) is 2.50. The molecule has 22 heavy (non-hydrogen) atoms. The number of hydrogen-bond acceptors (Lipinski definition) is 10. The highest BCUT2D eigenvalue weighted by Gasteiger charge is 2.49. The molecule has 130 valence electrons. The highest BCUT2D eigenvalue weighted by Crippen LogP contribution is 2.28. The van der Waals surface area contributed by atoms with Crippen LogP contribution in [0.25, 0.3) is 0 Å². The van der Waals surface area contributed by atoms with Crippen LogP contribution < -0.4 is 0 Å². The van der Waals surface area contributed by atoms with Crippen LogP contribution in [0.3, 0.4) is 0 Å². The standard InChI is InChI=1S/C12H22O10/c1-3-5(14)8(17)10(11(19)20-3)22-12-9(18)7(16)6(15)4(2-13)21-12/h3-19H,2H2,1H3/t3-,4+,5+,6+,7-,8+,9+,10-,11?,12+/m0/s1. The van der Waals surface area contributed by atoms with Crippen molar-refractivity contribution in [2.75, 3.05) is 6.61 Å². The molecule has 2 fully saturated rings. The Labute approximate surface area is 126 Å². The summed E-state index contributed by atoms with van der Waals surface area (Å²) in [5.74, 6) is 0. The second kappa shape index (κ2) is 7.01. The van der Waals surface area contributed by atoms with Crippen molar-refractivity contribution in [2.24, 2.45) is 0 Å². The largest absolute Gasteiger partial charge is 0.394 e. The van der Waals surface area contributed by atoms with Crippen LogP contribution in [-0.2, 0) is 14.2 Å². The Hall–Kier alpha value is -0.400. The van der Waals surface area contributed by atoms with Crippen LogP contribution >= 0.6 is 0 Å². The van der Waals surface area contributed by atoms with E-state index in [0.29, 0.717) is 0 Å². The topological polar surface area (TPSA) is 169 Å². The quantitative estimate of drug-likeness (QED) is 0.269. The summed E-state index contributed by atoms with van der Waals surface area (Å²) in [6.45, 7) is 0.803. The van der Waals surface area contributed by atoms with Gasteiger partial charge in [-0.1, -0.05) is 0 Å². The lowest BCUT2D eigenvalue weighted by molar-refractivity contribution is -0.359. The maximum atomic E-state index is 9.92. The molecule has 1 unspecified atom stereocenters. The zero-order valence-electron chi connectivity index (χ0n) is 11.8. The predicted octanol–water partition coefficient (Wildman–Crippen LogP) is -4.37. The van der Waals surface area contributed by atoms with Crippen molar-refractivity contribution in [3.63, 3.8) is 0 Å². The predicted molar refractivity (Wildman–Crippen MR) is 67.2 cm³/mol. The molecule has 10 nitrogen and oxygen atoms in total. The summed E-state index contributed by atoms with van der Waals surface area (Å²) in [5, 5.41) is 67.6. The van der Waals surface area contributed by atoms with Crippen molar-refractivity contribution in [2.45, 2.75) is 68.3 Å². The second-order valence-electron chi connectivity index (χ2n) is 5.51. The minimum Gasteiger partial charge on any atom is -0.394 e. The molecule has 2 saturated heterocycles. The maximum absolute atomic E-state index is 9.92. The van der Waals surface area contributed by atoms with E-state index in [-0.39, 0.29) is 0 Å². The molecule has 10 atom stereocenters. The summed E-state index contributed by atoms with van der Waals surface area (Å²) >= 11 is 0. The van der Waals surface area contributed by atoms with Crippen molar-refractivity contribution in [3.05, 3.63) is 0 Å². The van der Waals surface area contributed by atoms with Crippen LogP contribution in [0.2, 0.25) is 0 Å². The van der Waals surface area contributed by atoms with Crippen molar-refractivity contribution in [3.8, 4) is 0 Å². The Bertz CT molecular complexity index is 366. The Morgan fingerprint density at radius 1 is 0.818 bits per heavy atom. The average molecular weight is 326 g/mol. The third kappa shape index (κ3) is 3.26. The van der Waals surface area contributed by atoms with Gasteiger partial charge in [0.15, 0.2) is 12.6 Å². The van der Waals surface area contributed by atoms with Gasteiger partial charge in [0.1, 0.15) is 42.7 Å². The SMILES string of the molecule is C[C@@H]1OC(O)[C@@H](O[C@H]2O[C@H](CO)[C@@H](O)[C@H](O)[C@H]2O)[C@H](O)[C@@H]1O. The van der Waals surface area contributed by atoms with Gasteiger partial charge in [-0.2, -0.15) is 0 Å². The Morgan fingerprint density at radius 2 is 1.45 bits per heavy atom. The highest BCUT2D eigenvalue weighted by atomic mass is 16.7. The van der Waals surface area contributed by atoms with Crippen LogP contribution in [0.1, 0.15) is 6.92 Å². The first-order valence-corrected chi connectivity index (χ1v) is 6.93. The Balaban J connectivity index is 2.08. The fraction of sp³-hybridized carbons (Fsp3) is 1.00. The van der Waals surface area contributed by atoms with Gasteiger partial charge in [-0.25, -0.2) is 0 Å². The van der Waals surface area contributed by atoms with E-state index in [1.165, 1.54) is 6.92 Å². The van der Waals surface area contributed by atoms with E-state index in [2.05, 4.69) is 0 Å². The summed E-state index contributed by atoms with van der Waals surface area (Å²) < 4.78 is 15.3. The minimum atomic E-state index is -1.69. The molecule has 0 radical (unpaired) electrons. The molecule has 2 rings (SSSR count). The molecule has 2 aliphatic rings. The van der Waals surface area contributed by atoms with Crippen molar-refractivity contribution >= 4 is 0 Å². The van der Waals surface area contributed by atoms with Crippen LogP contribution in [0.4, 0.5) is 0 Å². The molecule has 0 bridgehead atoms. The van der Waals surface area contributed by atoms with E-state index >= 15 is 0 Å². The van der Waals surface area contributed by atoms with Crippen LogP contribution in [0.5, 0.6) is 0 Å². The van der Waals surface area contributed by atoms with Crippen LogP contribution in [0.15, 0.2) is 0 Å². The van der Waals surface area contributed by atoms with Crippen molar-refractivity contribution < 1.29 is 50.0 Å². The number of ether oxygens (including phenoxy) is 3. The zero-order chi connectivity index (χ0) is 16.6. The van der Waals surface area contributed by atoms with E-state index < -0.39 is 68.0 Å². The number of aliphatic hydroxyl groups is 7. The van der Waals surface area contributed by atoms with Crippen molar-refractivity contribution in [1.82, 2.24) is 0 Å². The van der Waals surface area contributed by atoms with E-state index in [4.69, 9.17) is 19.3 Å². The molecule has 7 N–H and O–H groups in total. The maximum Gasteiger partial charge on any atom is 0.187 e. The average Bonchev–Trinajstić information content (AvgIpc) is 2.49. The van der Waals surface area contributed by atoms with Gasteiger partial charge in [0, 0.05) is 0 Å². The van der Waals surface area contributed by atoms with Gasteiger partial charge in [0.2, 0.25) is 0 Å². The summed E-state index contributed by atoms with van der Waals surface area (Å²) in [6, 6.07) is 0. The van der Waals surface area contributed by atoms with Crippen LogP contribution in [0, 0.1) is 0 Å². The van der Waals surface area contributed by atoms with Crippen LogP contribution in [-0.4, -0.2) is 104 Å². The molecule has 10 heteroatoms. The minimum absolute atomic E-state index is 0.642. The van der Waals surface area contributed by atoms with Gasteiger partial charge < -0.3 is 50.0 Å². The van der Waals surface area contributed by atoms with E-state index in [1.807, 2.05) is 0 Å². The molecule has 0 aromatic rings. The first kappa shape index (κ1) is 17.9.